The minimum atomic E-state index is -4.75. The predicted octanol–water partition coefficient (Wildman–Crippen LogP) is 4.72. The van der Waals surface area contributed by atoms with Crippen molar-refractivity contribution in [1.82, 2.24) is 10.0 Å². The van der Waals surface area contributed by atoms with Crippen molar-refractivity contribution in [3.63, 3.8) is 0 Å². The Balaban J connectivity index is 2.01. The summed E-state index contributed by atoms with van der Waals surface area (Å²) in [6, 6.07) is 15.4. The molecule has 1 aliphatic rings. The van der Waals surface area contributed by atoms with Crippen molar-refractivity contribution in [1.29, 1.82) is 0 Å². The van der Waals surface area contributed by atoms with E-state index in [2.05, 4.69) is 0 Å². The first-order valence-corrected chi connectivity index (χ1v) is 8.29. The zero-order valence-electron chi connectivity index (χ0n) is 13.7. The highest BCUT2D eigenvalue weighted by molar-refractivity contribution is 6.00. The fourth-order valence-electron chi connectivity index (χ4n) is 3.13. The second-order valence-electron chi connectivity index (χ2n) is 6.01. The van der Waals surface area contributed by atoms with Crippen LogP contribution in [0.2, 0.25) is 0 Å². The molecule has 3 nitrogen and oxygen atoms in total. The summed E-state index contributed by atoms with van der Waals surface area (Å²) in [5, 5.41) is 1.10. The minimum absolute atomic E-state index is 0.0199. The van der Waals surface area contributed by atoms with Gasteiger partial charge in [0.25, 0.3) is 5.91 Å². The Morgan fingerprint density at radius 3 is 2.12 bits per heavy atom. The van der Waals surface area contributed by atoms with Gasteiger partial charge < -0.3 is 0 Å². The Bertz CT molecular complexity index is 725. The summed E-state index contributed by atoms with van der Waals surface area (Å²) in [6.07, 6.45) is -2.56. The molecule has 0 atom stereocenters. The molecule has 2 aromatic carbocycles. The zero-order valence-corrected chi connectivity index (χ0v) is 13.7. The van der Waals surface area contributed by atoms with E-state index >= 15 is 0 Å². The number of nitrogens with zero attached hydrogens (tertiary/aromatic N) is 2. The van der Waals surface area contributed by atoms with E-state index in [0.717, 1.165) is 11.4 Å². The molecular formula is C19H19F3N2O. The molecule has 0 N–H and O–H groups in total. The van der Waals surface area contributed by atoms with Crippen molar-refractivity contribution in [2.24, 2.45) is 0 Å². The Kier molecular flexibility index (Phi) is 5.08. The number of halogens is 3. The largest absolute Gasteiger partial charge is 0.501 e. The monoisotopic (exact) mass is 348 g/mol. The first-order valence-electron chi connectivity index (χ1n) is 8.29. The normalized spacial score (nSPS) is 15.8. The summed E-state index contributed by atoms with van der Waals surface area (Å²) >= 11 is 0. The van der Waals surface area contributed by atoms with Crippen LogP contribution in [0.4, 0.5) is 13.2 Å². The van der Waals surface area contributed by atoms with Crippen molar-refractivity contribution in [3.8, 4) is 11.1 Å². The van der Waals surface area contributed by atoms with Gasteiger partial charge in [0.2, 0.25) is 0 Å². The number of benzene rings is 2. The van der Waals surface area contributed by atoms with Gasteiger partial charge in [0, 0.05) is 18.7 Å². The number of carbonyl (C=O) groups is 1. The van der Waals surface area contributed by atoms with Gasteiger partial charge in [0.15, 0.2) is 0 Å². The van der Waals surface area contributed by atoms with E-state index < -0.39 is 12.2 Å². The average molecular weight is 348 g/mol. The zero-order chi connectivity index (χ0) is 17.9. The molecule has 0 bridgehead atoms. The maximum atomic E-state index is 13.6. The summed E-state index contributed by atoms with van der Waals surface area (Å²) < 4.78 is 40.9. The van der Waals surface area contributed by atoms with Crippen LogP contribution in [0.25, 0.3) is 11.1 Å². The molecule has 0 aliphatic carbocycles. The highest BCUT2D eigenvalue weighted by Crippen LogP contribution is 2.31. The first kappa shape index (κ1) is 17.5. The lowest BCUT2D eigenvalue weighted by Crippen LogP contribution is -2.55. The van der Waals surface area contributed by atoms with Gasteiger partial charge in [-0.3, -0.25) is 4.79 Å². The summed E-state index contributed by atoms with van der Waals surface area (Å²) in [7, 11) is 0. The smallest absolute Gasteiger partial charge is 0.267 e. The van der Waals surface area contributed by atoms with E-state index in [1.807, 2.05) is 6.07 Å². The summed E-state index contributed by atoms with van der Waals surface area (Å²) in [5.41, 5.74) is 1.27. The van der Waals surface area contributed by atoms with Crippen LogP contribution in [0.1, 0.15) is 29.6 Å². The topological polar surface area (TPSA) is 23.6 Å². The van der Waals surface area contributed by atoms with Gasteiger partial charge in [-0.1, -0.05) is 55.0 Å². The van der Waals surface area contributed by atoms with E-state index in [0.29, 0.717) is 24.0 Å². The highest BCUT2D eigenvalue weighted by atomic mass is 19.4. The van der Waals surface area contributed by atoms with Crippen LogP contribution < -0.4 is 0 Å². The maximum Gasteiger partial charge on any atom is 0.501 e. The van der Waals surface area contributed by atoms with Gasteiger partial charge >= 0.3 is 6.30 Å². The minimum Gasteiger partial charge on any atom is -0.267 e. The maximum absolute atomic E-state index is 13.6. The number of hydrogen-bond donors (Lipinski definition) is 0. The van der Waals surface area contributed by atoms with Gasteiger partial charge in [0.05, 0.1) is 0 Å². The molecule has 1 fully saturated rings. The van der Waals surface area contributed by atoms with Crippen LogP contribution in [0.3, 0.4) is 0 Å². The molecule has 1 saturated heterocycles. The lowest BCUT2D eigenvalue weighted by Gasteiger charge is -2.38. The molecule has 0 aromatic heterocycles. The van der Waals surface area contributed by atoms with Crippen LogP contribution >= 0.6 is 0 Å². The van der Waals surface area contributed by atoms with E-state index in [1.54, 1.807) is 42.5 Å². The van der Waals surface area contributed by atoms with Crippen molar-refractivity contribution in [2.45, 2.75) is 25.6 Å². The van der Waals surface area contributed by atoms with Crippen molar-refractivity contribution >= 4 is 5.91 Å². The Labute approximate surface area is 144 Å². The highest BCUT2D eigenvalue weighted by Gasteiger charge is 2.46. The Hall–Kier alpha value is -2.34. The lowest BCUT2D eigenvalue weighted by molar-refractivity contribution is -0.289. The number of rotatable bonds is 3. The fraction of sp³-hybridized carbons (Fsp3) is 0.316. The number of amides is 1. The van der Waals surface area contributed by atoms with Crippen LogP contribution in [-0.4, -0.2) is 35.3 Å². The molecule has 0 saturated carbocycles. The molecule has 0 radical (unpaired) electrons. The second-order valence-corrected chi connectivity index (χ2v) is 6.01. The van der Waals surface area contributed by atoms with Gasteiger partial charge in [-0.05, 0) is 30.0 Å². The number of alkyl halides is 3. The average Bonchev–Trinajstić information content (AvgIpc) is 2.62. The van der Waals surface area contributed by atoms with Crippen LogP contribution in [0.5, 0.6) is 0 Å². The van der Waals surface area contributed by atoms with Crippen molar-refractivity contribution in [3.05, 3.63) is 60.2 Å². The molecule has 25 heavy (non-hydrogen) atoms. The third-order valence-electron chi connectivity index (χ3n) is 4.29. The third kappa shape index (κ3) is 3.85. The van der Waals surface area contributed by atoms with Gasteiger partial charge in [-0.15, -0.1) is 13.2 Å². The summed E-state index contributed by atoms with van der Waals surface area (Å²) in [4.78, 5) is 12.8. The molecule has 2 aromatic rings. The molecule has 6 heteroatoms. The second kappa shape index (κ2) is 7.27. The molecule has 1 heterocycles. The van der Waals surface area contributed by atoms with E-state index in [4.69, 9.17) is 0 Å². The van der Waals surface area contributed by atoms with E-state index in [-0.39, 0.29) is 23.7 Å². The standard InChI is InChI=1S/C19H19F3N2O/c20-19(21,22)24(23-13-7-2-8-14-23)18(25)17-12-6-5-11-16(17)15-9-3-1-4-10-15/h1,3-6,9-12H,2,7-8,13-14H2. The third-order valence-corrected chi connectivity index (χ3v) is 4.29. The Morgan fingerprint density at radius 2 is 1.48 bits per heavy atom. The van der Waals surface area contributed by atoms with Crippen molar-refractivity contribution in [2.75, 3.05) is 13.1 Å². The van der Waals surface area contributed by atoms with Gasteiger partial charge in [-0.25, -0.2) is 5.01 Å². The van der Waals surface area contributed by atoms with Crippen molar-refractivity contribution < 1.29 is 18.0 Å². The fourth-order valence-corrected chi connectivity index (χ4v) is 3.13. The quantitative estimate of drug-likeness (QED) is 0.750. The molecular weight excluding hydrogens is 329 g/mol. The molecule has 0 unspecified atom stereocenters. The SMILES string of the molecule is O=C(c1ccccc1-c1ccccc1)N(N1CCCCC1)C(F)(F)F. The summed E-state index contributed by atoms with van der Waals surface area (Å²) in [6.45, 7) is 0.470. The number of hydrazine groups is 1. The Morgan fingerprint density at radius 1 is 0.880 bits per heavy atom. The molecule has 1 aliphatic heterocycles. The van der Waals surface area contributed by atoms with E-state index in [9.17, 15) is 18.0 Å². The summed E-state index contributed by atoms with van der Waals surface area (Å²) in [5.74, 6) is -1.03. The number of hydrogen-bond acceptors (Lipinski definition) is 2. The van der Waals surface area contributed by atoms with Crippen LogP contribution in [0, 0.1) is 0 Å². The number of piperidine rings is 1. The van der Waals surface area contributed by atoms with Crippen LogP contribution in [-0.2, 0) is 0 Å². The van der Waals surface area contributed by atoms with Crippen LogP contribution in [0.15, 0.2) is 54.6 Å². The number of carbonyl (C=O) groups excluding carboxylic acids is 1. The first-order chi connectivity index (χ1) is 12.0. The lowest BCUT2D eigenvalue weighted by atomic mass is 9.99. The molecule has 3 rings (SSSR count). The molecule has 132 valence electrons. The predicted molar refractivity (Wildman–Crippen MR) is 89.5 cm³/mol. The van der Waals surface area contributed by atoms with Gasteiger partial charge in [0.1, 0.15) is 0 Å². The molecule has 0 spiro atoms. The van der Waals surface area contributed by atoms with E-state index in [1.165, 1.54) is 6.07 Å². The molecule has 1 amide bonds. The van der Waals surface area contributed by atoms with Gasteiger partial charge in [-0.2, -0.15) is 5.01 Å².